The summed E-state index contributed by atoms with van der Waals surface area (Å²) in [4.78, 5) is 13.2. The van der Waals surface area contributed by atoms with Gasteiger partial charge in [-0.1, -0.05) is 30.3 Å². The predicted molar refractivity (Wildman–Crippen MR) is 119 cm³/mol. The van der Waals surface area contributed by atoms with Gasteiger partial charge in [0.25, 0.3) is 0 Å². The lowest BCUT2D eigenvalue weighted by molar-refractivity contribution is -0.137. The average molecular weight is 426 g/mol. The molecule has 1 N–H and O–H groups in total. The number of ether oxygens (including phenoxy) is 1. The Labute approximate surface area is 184 Å². The normalized spacial score (nSPS) is 22.7. The zero-order valence-corrected chi connectivity index (χ0v) is 18.0. The second kappa shape index (κ2) is 9.82. The SMILES string of the molecule is O=C(O)CCN1CCC(CC[C@@H]2CC2c2ccccc2)(COc2ccc(F)cc2)CC1. The Morgan fingerprint density at radius 1 is 1.10 bits per heavy atom. The van der Waals surface area contributed by atoms with Gasteiger partial charge in [-0.2, -0.15) is 0 Å². The summed E-state index contributed by atoms with van der Waals surface area (Å²) < 4.78 is 19.3. The van der Waals surface area contributed by atoms with Crippen LogP contribution in [0.4, 0.5) is 4.39 Å². The van der Waals surface area contributed by atoms with Crippen molar-refractivity contribution in [2.24, 2.45) is 11.3 Å². The van der Waals surface area contributed by atoms with Gasteiger partial charge >= 0.3 is 5.97 Å². The number of halogens is 1. The highest BCUT2D eigenvalue weighted by Crippen LogP contribution is 2.52. The van der Waals surface area contributed by atoms with Gasteiger partial charge in [0.05, 0.1) is 13.0 Å². The van der Waals surface area contributed by atoms with E-state index < -0.39 is 5.97 Å². The number of carboxylic acids is 1. The van der Waals surface area contributed by atoms with E-state index in [9.17, 15) is 9.18 Å². The van der Waals surface area contributed by atoms with E-state index in [1.54, 1.807) is 12.1 Å². The summed E-state index contributed by atoms with van der Waals surface area (Å²) in [6.45, 7) is 3.07. The summed E-state index contributed by atoms with van der Waals surface area (Å²) in [6.07, 6.45) is 5.80. The maximum absolute atomic E-state index is 13.2. The standard InChI is InChI=1S/C26H32FNO3/c27-22-6-8-23(9-7-22)31-19-26(13-16-28(17-14-26)15-11-25(29)30)12-10-21-18-24(21)20-4-2-1-3-5-20/h1-9,21,24H,10-19H2,(H,29,30)/t21-,24?/m1/s1. The highest BCUT2D eigenvalue weighted by atomic mass is 19.1. The van der Waals surface area contributed by atoms with Crippen LogP contribution in [0.1, 0.15) is 50.0 Å². The van der Waals surface area contributed by atoms with E-state index in [1.165, 1.54) is 30.5 Å². The van der Waals surface area contributed by atoms with Crippen LogP contribution in [0.3, 0.4) is 0 Å². The lowest BCUT2D eigenvalue weighted by Gasteiger charge is -2.42. The summed E-state index contributed by atoms with van der Waals surface area (Å²) in [5, 5.41) is 8.97. The molecule has 0 bridgehead atoms. The fourth-order valence-electron chi connectivity index (χ4n) is 4.91. The molecule has 2 atom stereocenters. The number of carbonyl (C=O) groups is 1. The minimum absolute atomic E-state index is 0.0952. The van der Waals surface area contributed by atoms with Crippen LogP contribution in [0, 0.1) is 17.2 Å². The molecule has 1 saturated heterocycles. The van der Waals surface area contributed by atoms with Crippen molar-refractivity contribution >= 4 is 5.97 Å². The molecule has 1 saturated carbocycles. The van der Waals surface area contributed by atoms with Crippen LogP contribution in [-0.2, 0) is 4.79 Å². The Balaban J connectivity index is 1.34. The van der Waals surface area contributed by atoms with Crippen LogP contribution in [0.25, 0.3) is 0 Å². The molecule has 0 spiro atoms. The molecule has 4 rings (SSSR count). The molecule has 4 nitrogen and oxygen atoms in total. The van der Waals surface area contributed by atoms with Crippen molar-refractivity contribution < 1.29 is 19.0 Å². The number of hydrogen-bond acceptors (Lipinski definition) is 3. The largest absolute Gasteiger partial charge is 0.493 e. The van der Waals surface area contributed by atoms with Gasteiger partial charge in [-0.15, -0.1) is 0 Å². The lowest BCUT2D eigenvalue weighted by Crippen LogP contribution is -2.43. The molecule has 5 heteroatoms. The molecule has 1 aliphatic carbocycles. The van der Waals surface area contributed by atoms with Gasteiger partial charge in [-0.25, -0.2) is 4.39 Å². The molecule has 31 heavy (non-hydrogen) atoms. The molecule has 1 heterocycles. The Kier molecular flexibility index (Phi) is 6.91. The molecular formula is C26H32FNO3. The third kappa shape index (κ3) is 6.07. The Bertz CT molecular complexity index is 847. The maximum atomic E-state index is 13.2. The van der Waals surface area contributed by atoms with Crippen LogP contribution >= 0.6 is 0 Å². The van der Waals surface area contributed by atoms with E-state index in [0.717, 1.165) is 38.3 Å². The minimum Gasteiger partial charge on any atom is -0.493 e. The zero-order chi connectivity index (χ0) is 21.7. The van der Waals surface area contributed by atoms with Crippen molar-refractivity contribution in [1.29, 1.82) is 0 Å². The van der Waals surface area contributed by atoms with E-state index in [1.807, 2.05) is 0 Å². The first-order valence-corrected chi connectivity index (χ1v) is 11.4. The predicted octanol–water partition coefficient (Wildman–Crippen LogP) is 5.35. The van der Waals surface area contributed by atoms with E-state index in [2.05, 4.69) is 35.2 Å². The van der Waals surface area contributed by atoms with E-state index >= 15 is 0 Å². The van der Waals surface area contributed by atoms with E-state index in [-0.39, 0.29) is 17.7 Å². The summed E-state index contributed by atoms with van der Waals surface area (Å²) in [6, 6.07) is 17.0. The number of piperidine rings is 1. The summed E-state index contributed by atoms with van der Waals surface area (Å²) in [7, 11) is 0. The molecule has 2 aliphatic rings. The highest BCUT2D eigenvalue weighted by Gasteiger charge is 2.41. The van der Waals surface area contributed by atoms with Crippen molar-refractivity contribution in [2.75, 3.05) is 26.2 Å². The van der Waals surface area contributed by atoms with Gasteiger partial charge < -0.3 is 14.7 Å². The number of aliphatic carboxylic acids is 1. The van der Waals surface area contributed by atoms with Gasteiger partial charge in [0.15, 0.2) is 0 Å². The molecule has 1 unspecified atom stereocenters. The number of nitrogens with zero attached hydrogens (tertiary/aromatic N) is 1. The smallest absolute Gasteiger partial charge is 0.304 e. The second-order valence-corrected chi connectivity index (χ2v) is 9.28. The zero-order valence-electron chi connectivity index (χ0n) is 18.0. The summed E-state index contributed by atoms with van der Waals surface area (Å²) in [5.41, 5.74) is 1.55. The number of rotatable bonds is 10. The first-order valence-electron chi connectivity index (χ1n) is 11.4. The van der Waals surface area contributed by atoms with E-state index in [4.69, 9.17) is 9.84 Å². The molecular weight excluding hydrogens is 393 g/mol. The second-order valence-electron chi connectivity index (χ2n) is 9.28. The Morgan fingerprint density at radius 3 is 2.48 bits per heavy atom. The minimum atomic E-state index is -0.739. The quantitative estimate of drug-likeness (QED) is 0.558. The van der Waals surface area contributed by atoms with Gasteiger partial charge in [-0.05, 0) is 86.9 Å². The molecule has 2 fully saturated rings. The average Bonchev–Trinajstić information content (AvgIpc) is 3.57. The van der Waals surface area contributed by atoms with Crippen LogP contribution in [-0.4, -0.2) is 42.2 Å². The molecule has 2 aromatic carbocycles. The summed E-state index contributed by atoms with van der Waals surface area (Å²) >= 11 is 0. The van der Waals surface area contributed by atoms with Gasteiger partial charge in [0.2, 0.25) is 0 Å². The third-order valence-electron chi connectivity index (χ3n) is 7.11. The van der Waals surface area contributed by atoms with Crippen LogP contribution < -0.4 is 4.74 Å². The number of benzene rings is 2. The highest BCUT2D eigenvalue weighted by molar-refractivity contribution is 5.66. The fraction of sp³-hybridized carbons (Fsp3) is 0.500. The summed E-state index contributed by atoms with van der Waals surface area (Å²) in [5.74, 6) is 1.15. The van der Waals surface area contributed by atoms with Crippen LogP contribution in [0.15, 0.2) is 54.6 Å². The molecule has 0 radical (unpaired) electrons. The molecule has 0 amide bonds. The van der Waals surface area contributed by atoms with Gasteiger partial charge in [0, 0.05) is 12.0 Å². The van der Waals surface area contributed by atoms with Crippen molar-refractivity contribution in [1.82, 2.24) is 4.90 Å². The number of hydrogen-bond donors (Lipinski definition) is 1. The van der Waals surface area contributed by atoms with Crippen LogP contribution in [0.5, 0.6) is 5.75 Å². The van der Waals surface area contributed by atoms with Crippen molar-refractivity contribution in [3.63, 3.8) is 0 Å². The molecule has 166 valence electrons. The van der Waals surface area contributed by atoms with Crippen LogP contribution in [0.2, 0.25) is 0 Å². The molecule has 0 aromatic heterocycles. The first kappa shape index (κ1) is 21.8. The molecule has 2 aromatic rings. The van der Waals surface area contributed by atoms with Gasteiger partial charge in [-0.3, -0.25) is 4.79 Å². The fourth-order valence-corrected chi connectivity index (χ4v) is 4.91. The molecule has 1 aliphatic heterocycles. The van der Waals surface area contributed by atoms with Gasteiger partial charge in [0.1, 0.15) is 11.6 Å². The number of carboxylic acid groups (broad SMARTS) is 1. The van der Waals surface area contributed by atoms with Crippen molar-refractivity contribution in [3.8, 4) is 5.75 Å². The number of likely N-dealkylation sites (tertiary alicyclic amines) is 1. The van der Waals surface area contributed by atoms with Crippen molar-refractivity contribution in [2.45, 2.75) is 44.4 Å². The Morgan fingerprint density at radius 2 is 1.81 bits per heavy atom. The Hall–Kier alpha value is -2.40. The van der Waals surface area contributed by atoms with E-state index in [0.29, 0.717) is 24.8 Å². The maximum Gasteiger partial charge on any atom is 0.304 e. The third-order valence-corrected chi connectivity index (χ3v) is 7.11. The first-order chi connectivity index (χ1) is 15.0. The van der Waals surface area contributed by atoms with Crippen molar-refractivity contribution in [3.05, 3.63) is 66.0 Å². The topological polar surface area (TPSA) is 49.8 Å². The lowest BCUT2D eigenvalue weighted by atomic mass is 9.74. The monoisotopic (exact) mass is 425 g/mol.